The van der Waals surface area contributed by atoms with Crippen LogP contribution < -0.4 is 11.1 Å². The first kappa shape index (κ1) is 8.50. The monoisotopic (exact) mass is 183 g/mol. The highest BCUT2D eigenvalue weighted by Gasteiger charge is 2.33. The summed E-state index contributed by atoms with van der Waals surface area (Å²) in [6.45, 7) is 1.42. The van der Waals surface area contributed by atoms with Crippen LogP contribution >= 0.6 is 0 Å². The van der Waals surface area contributed by atoms with Crippen LogP contribution in [-0.4, -0.2) is 31.1 Å². The minimum absolute atomic E-state index is 0.0898. The van der Waals surface area contributed by atoms with Crippen LogP contribution in [0.3, 0.4) is 0 Å². The number of nitrogens with two attached hydrogens (primary N) is 1. The zero-order valence-corrected chi connectivity index (χ0v) is 7.32. The normalized spacial score (nSPS) is 34.2. The minimum Gasteiger partial charge on any atom is -0.381 e. The molecule has 5 nitrogen and oxygen atoms in total. The van der Waals surface area contributed by atoms with E-state index in [2.05, 4.69) is 10.3 Å². The molecule has 3 N–H and O–H groups in total. The van der Waals surface area contributed by atoms with Crippen LogP contribution in [0.25, 0.3) is 0 Å². The van der Waals surface area contributed by atoms with Crippen LogP contribution in [0.5, 0.6) is 0 Å². The van der Waals surface area contributed by atoms with E-state index in [0.29, 0.717) is 6.61 Å². The third kappa shape index (κ3) is 1.65. The first-order valence-electron chi connectivity index (χ1n) is 4.49. The number of aliphatic imine (C=N–C) groups is 1. The second-order valence-electron chi connectivity index (χ2n) is 3.43. The largest absolute Gasteiger partial charge is 0.381 e. The van der Waals surface area contributed by atoms with Crippen molar-refractivity contribution in [3.8, 4) is 0 Å². The molecule has 1 fully saturated rings. The van der Waals surface area contributed by atoms with E-state index in [1.165, 1.54) is 0 Å². The van der Waals surface area contributed by atoms with E-state index < -0.39 is 0 Å². The van der Waals surface area contributed by atoms with Crippen molar-refractivity contribution >= 4 is 11.9 Å². The molecule has 0 saturated carbocycles. The lowest BCUT2D eigenvalue weighted by molar-refractivity contribution is -0.122. The topological polar surface area (TPSA) is 76.7 Å². The van der Waals surface area contributed by atoms with Gasteiger partial charge in [0.15, 0.2) is 5.96 Å². The Hall–Kier alpha value is -1.10. The number of hydrogen-bond acceptors (Lipinski definition) is 4. The predicted octanol–water partition coefficient (Wildman–Crippen LogP) is -0.774. The van der Waals surface area contributed by atoms with E-state index in [4.69, 9.17) is 10.5 Å². The number of carbonyl (C=O) groups is 1. The summed E-state index contributed by atoms with van der Waals surface area (Å²) in [5, 5.41) is 2.50. The molecule has 2 aliphatic heterocycles. The first-order valence-corrected chi connectivity index (χ1v) is 4.49. The highest BCUT2D eigenvalue weighted by molar-refractivity contribution is 6.04. The van der Waals surface area contributed by atoms with Crippen LogP contribution in [0.1, 0.15) is 12.8 Å². The lowest BCUT2D eigenvalue weighted by atomic mass is 9.94. The zero-order chi connectivity index (χ0) is 9.26. The molecule has 72 valence electrons. The predicted molar refractivity (Wildman–Crippen MR) is 47.1 cm³/mol. The third-order valence-corrected chi connectivity index (χ3v) is 2.44. The second-order valence-corrected chi connectivity index (χ2v) is 3.43. The van der Waals surface area contributed by atoms with Gasteiger partial charge in [0.2, 0.25) is 0 Å². The van der Waals surface area contributed by atoms with Crippen LogP contribution in [0.2, 0.25) is 0 Å². The summed E-state index contributed by atoms with van der Waals surface area (Å²) >= 11 is 0. The number of rotatable bonds is 1. The molecule has 2 heterocycles. The molecule has 0 aromatic carbocycles. The van der Waals surface area contributed by atoms with Crippen molar-refractivity contribution < 1.29 is 9.53 Å². The van der Waals surface area contributed by atoms with E-state index in [1.807, 2.05) is 0 Å². The van der Waals surface area contributed by atoms with Crippen molar-refractivity contribution in [1.82, 2.24) is 5.32 Å². The van der Waals surface area contributed by atoms with Crippen molar-refractivity contribution in [3.63, 3.8) is 0 Å². The number of nitrogens with one attached hydrogen (secondary N) is 1. The summed E-state index contributed by atoms with van der Waals surface area (Å²) in [4.78, 5) is 15.4. The Morgan fingerprint density at radius 1 is 1.62 bits per heavy atom. The first-order chi connectivity index (χ1) is 6.27. The lowest BCUT2D eigenvalue weighted by Gasteiger charge is -2.23. The molecule has 0 aromatic heterocycles. The van der Waals surface area contributed by atoms with Crippen LogP contribution in [0.15, 0.2) is 4.99 Å². The molecule has 2 rings (SSSR count). The smallest absolute Gasteiger partial charge is 0.251 e. The molecule has 0 aromatic rings. The molecule has 1 amide bonds. The van der Waals surface area contributed by atoms with E-state index >= 15 is 0 Å². The maximum absolute atomic E-state index is 11.3. The van der Waals surface area contributed by atoms with Gasteiger partial charge in [-0.15, -0.1) is 0 Å². The summed E-state index contributed by atoms with van der Waals surface area (Å²) in [5.74, 6) is 0.350. The number of ether oxygens (including phenoxy) is 1. The van der Waals surface area contributed by atoms with E-state index in [9.17, 15) is 4.79 Å². The number of amides is 1. The molecule has 5 heteroatoms. The van der Waals surface area contributed by atoms with Gasteiger partial charge in [-0.1, -0.05) is 0 Å². The molecule has 1 saturated heterocycles. The molecule has 0 bridgehead atoms. The number of carbonyl (C=O) groups excluding carboxylic acids is 1. The quantitative estimate of drug-likeness (QED) is 0.560. The fourth-order valence-electron chi connectivity index (χ4n) is 1.78. The van der Waals surface area contributed by atoms with Gasteiger partial charge in [0, 0.05) is 12.5 Å². The summed E-state index contributed by atoms with van der Waals surface area (Å²) in [5.41, 5.74) is 5.40. The third-order valence-electron chi connectivity index (χ3n) is 2.44. The highest BCUT2D eigenvalue weighted by Crippen LogP contribution is 2.21. The lowest BCUT2D eigenvalue weighted by Crippen LogP contribution is -2.37. The van der Waals surface area contributed by atoms with Gasteiger partial charge in [0.25, 0.3) is 5.91 Å². The maximum Gasteiger partial charge on any atom is 0.251 e. The zero-order valence-electron chi connectivity index (χ0n) is 7.32. The van der Waals surface area contributed by atoms with Crippen LogP contribution in [-0.2, 0) is 9.53 Å². The molecule has 0 aliphatic carbocycles. The van der Waals surface area contributed by atoms with Crippen molar-refractivity contribution in [2.75, 3.05) is 13.2 Å². The summed E-state index contributed by atoms with van der Waals surface area (Å²) in [6.07, 6.45) is 2.00. The Balaban J connectivity index is 2.02. The number of guanidine groups is 1. The molecule has 0 spiro atoms. The maximum atomic E-state index is 11.3. The fraction of sp³-hybridized carbons (Fsp3) is 0.750. The molecular weight excluding hydrogens is 170 g/mol. The SMILES string of the molecule is NC1=NC(C2CCCOC2)C(=O)N1. The van der Waals surface area contributed by atoms with Gasteiger partial charge in [-0.3, -0.25) is 10.1 Å². The molecule has 13 heavy (non-hydrogen) atoms. The van der Waals surface area contributed by atoms with Crippen molar-refractivity contribution in [1.29, 1.82) is 0 Å². The Morgan fingerprint density at radius 2 is 2.46 bits per heavy atom. The number of hydrogen-bond donors (Lipinski definition) is 2. The summed E-state index contributed by atoms with van der Waals surface area (Å²) in [7, 11) is 0. The van der Waals surface area contributed by atoms with Crippen molar-refractivity contribution in [3.05, 3.63) is 0 Å². The van der Waals surface area contributed by atoms with Gasteiger partial charge in [-0.2, -0.15) is 0 Å². The van der Waals surface area contributed by atoms with Gasteiger partial charge in [0.1, 0.15) is 6.04 Å². The van der Waals surface area contributed by atoms with E-state index in [0.717, 1.165) is 19.4 Å². The van der Waals surface area contributed by atoms with Crippen LogP contribution in [0.4, 0.5) is 0 Å². The Morgan fingerprint density at radius 3 is 3.00 bits per heavy atom. The Labute approximate surface area is 76.3 Å². The van der Waals surface area contributed by atoms with Crippen molar-refractivity contribution in [2.24, 2.45) is 16.6 Å². The molecule has 0 radical (unpaired) electrons. The van der Waals surface area contributed by atoms with Gasteiger partial charge in [-0.05, 0) is 12.8 Å². The van der Waals surface area contributed by atoms with Crippen molar-refractivity contribution in [2.45, 2.75) is 18.9 Å². The van der Waals surface area contributed by atoms with E-state index in [-0.39, 0.29) is 23.8 Å². The summed E-state index contributed by atoms with van der Waals surface area (Å²) in [6, 6.07) is -0.319. The standard InChI is InChI=1S/C8H13N3O2/c9-8-10-6(7(12)11-8)5-2-1-3-13-4-5/h5-6H,1-4H2,(H3,9,10,11,12). The van der Waals surface area contributed by atoms with Gasteiger partial charge in [-0.25, -0.2) is 4.99 Å². The van der Waals surface area contributed by atoms with Gasteiger partial charge >= 0.3 is 0 Å². The Kier molecular flexibility index (Phi) is 2.18. The van der Waals surface area contributed by atoms with Gasteiger partial charge in [0.05, 0.1) is 6.61 Å². The average molecular weight is 183 g/mol. The fourth-order valence-corrected chi connectivity index (χ4v) is 1.78. The molecular formula is C8H13N3O2. The Bertz CT molecular complexity index is 246. The van der Waals surface area contributed by atoms with E-state index in [1.54, 1.807) is 0 Å². The second kappa shape index (κ2) is 3.33. The average Bonchev–Trinajstić information content (AvgIpc) is 2.47. The minimum atomic E-state index is -0.319. The molecule has 2 aliphatic rings. The number of nitrogens with zero attached hydrogens (tertiary/aromatic N) is 1. The molecule has 2 atom stereocenters. The van der Waals surface area contributed by atoms with Gasteiger partial charge < -0.3 is 10.5 Å². The summed E-state index contributed by atoms with van der Waals surface area (Å²) < 4.78 is 5.29. The molecule has 2 unspecified atom stereocenters. The highest BCUT2D eigenvalue weighted by atomic mass is 16.5. The van der Waals surface area contributed by atoms with Crippen LogP contribution in [0, 0.1) is 5.92 Å².